The van der Waals surface area contributed by atoms with Crippen LogP contribution in [0, 0.1) is 0 Å². The van der Waals surface area contributed by atoms with Crippen LogP contribution in [0.2, 0.25) is 0 Å². The van der Waals surface area contributed by atoms with Crippen LogP contribution >= 0.6 is 91.6 Å². The van der Waals surface area contributed by atoms with Crippen molar-refractivity contribution in [2.75, 3.05) is 26.3 Å². The first-order valence-corrected chi connectivity index (χ1v) is 9.77. The van der Waals surface area contributed by atoms with E-state index in [9.17, 15) is 0 Å². The van der Waals surface area contributed by atoms with Crippen molar-refractivity contribution in [2.45, 2.75) is 20.0 Å². The number of hydrogen-bond donors (Lipinski definition) is 0. The fourth-order valence-corrected chi connectivity index (χ4v) is 5.59. The van der Waals surface area contributed by atoms with E-state index in [4.69, 9.17) is 79.1 Å². The zero-order chi connectivity index (χ0) is 15.0. The van der Waals surface area contributed by atoms with Crippen LogP contribution in [-0.4, -0.2) is 55.0 Å². The molecule has 2 heterocycles. The molecule has 0 aliphatic carbocycles. The van der Waals surface area contributed by atoms with Gasteiger partial charge in [-0.15, -0.1) is 0 Å². The second-order valence-electron chi connectivity index (χ2n) is 3.96. The molecule has 2 saturated heterocycles. The van der Waals surface area contributed by atoms with Crippen LogP contribution < -0.4 is 0 Å². The zero-order valence-corrected chi connectivity index (χ0v) is 15.9. The van der Waals surface area contributed by atoms with E-state index in [1.807, 2.05) is 8.61 Å². The van der Waals surface area contributed by atoms with E-state index in [0.717, 1.165) is 0 Å². The average Bonchev–Trinajstić information content (AvgIpc) is 2.93. The third-order valence-corrected chi connectivity index (χ3v) is 6.15. The van der Waals surface area contributed by atoms with Crippen LogP contribution in [0.3, 0.4) is 0 Å². The summed E-state index contributed by atoms with van der Waals surface area (Å²) < 4.78 is 11.5. The van der Waals surface area contributed by atoms with Crippen LogP contribution in [0.5, 0.6) is 0 Å². The molecule has 12 heteroatoms. The van der Waals surface area contributed by atoms with Crippen LogP contribution in [0.25, 0.3) is 0 Å². The first-order chi connectivity index (χ1) is 9.19. The van der Waals surface area contributed by atoms with Crippen molar-refractivity contribution in [3.8, 4) is 0 Å². The summed E-state index contributed by atoms with van der Waals surface area (Å²) in [5.41, 5.74) is 0. The monoisotopic (exact) mass is 440 g/mol. The molecule has 0 aromatic carbocycles. The number of alkyl halides is 6. The van der Waals surface area contributed by atoms with E-state index in [1.165, 1.54) is 22.0 Å². The standard InChI is InChI=1S/C8H10Cl6N2O2S2/c9-7(10,11)5-15(1-3-17-5)19-20-16-2-4-18-6(16)8(12,13)14/h5-6H,1-4H2. The molecule has 4 nitrogen and oxygen atoms in total. The van der Waals surface area contributed by atoms with Crippen molar-refractivity contribution >= 4 is 91.6 Å². The summed E-state index contributed by atoms with van der Waals surface area (Å²) in [5.74, 6) is 0. The van der Waals surface area contributed by atoms with Crippen molar-refractivity contribution in [3.05, 3.63) is 0 Å². The maximum atomic E-state index is 5.87. The normalized spacial score (nSPS) is 30.3. The van der Waals surface area contributed by atoms with Crippen LogP contribution in [-0.2, 0) is 9.47 Å². The summed E-state index contributed by atoms with van der Waals surface area (Å²) in [4.78, 5) is 0. The van der Waals surface area contributed by atoms with Gasteiger partial charge in [-0.05, 0) is 0 Å². The van der Waals surface area contributed by atoms with Gasteiger partial charge in [-0.3, -0.25) is 0 Å². The minimum atomic E-state index is -1.51. The Balaban J connectivity index is 1.89. The highest BCUT2D eigenvalue weighted by Crippen LogP contribution is 2.46. The molecule has 0 aromatic rings. The van der Waals surface area contributed by atoms with Gasteiger partial charge in [-0.2, -0.15) is 0 Å². The molecule has 2 aliphatic heterocycles. The van der Waals surface area contributed by atoms with E-state index < -0.39 is 20.0 Å². The molecule has 2 rings (SSSR count). The highest BCUT2D eigenvalue weighted by Gasteiger charge is 2.45. The summed E-state index contributed by atoms with van der Waals surface area (Å²) in [5, 5.41) is 0. The van der Waals surface area contributed by atoms with Crippen molar-refractivity contribution in [1.82, 2.24) is 8.61 Å². The van der Waals surface area contributed by atoms with Gasteiger partial charge < -0.3 is 9.47 Å². The maximum Gasteiger partial charge on any atom is 0.230 e. The van der Waals surface area contributed by atoms with E-state index in [1.54, 1.807) is 0 Å². The van der Waals surface area contributed by atoms with Crippen molar-refractivity contribution in [3.63, 3.8) is 0 Å². The van der Waals surface area contributed by atoms with E-state index in [0.29, 0.717) is 26.3 Å². The third kappa shape index (κ3) is 4.89. The minimum absolute atomic E-state index is 0.497. The zero-order valence-electron chi connectivity index (χ0n) is 9.78. The fourth-order valence-electron chi connectivity index (χ4n) is 1.66. The Morgan fingerprint density at radius 3 is 1.40 bits per heavy atom. The van der Waals surface area contributed by atoms with Crippen molar-refractivity contribution in [1.29, 1.82) is 0 Å². The molecular weight excluding hydrogens is 433 g/mol. The lowest BCUT2D eigenvalue weighted by Crippen LogP contribution is -2.38. The van der Waals surface area contributed by atoms with Crippen molar-refractivity contribution in [2.24, 2.45) is 0 Å². The molecule has 2 fully saturated rings. The fraction of sp³-hybridized carbons (Fsp3) is 1.00. The van der Waals surface area contributed by atoms with Crippen LogP contribution in [0.4, 0.5) is 0 Å². The Labute approximate surface area is 155 Å². The van der Waals surface area contributed by atoms with Crippen LogP contribution in [0.15, 0.2) is 0 Å². The Hall–Kier alpha value is 2.28. The average molecular weight is 443 g/mol. The molecule has 20 heavy (non-hydrogen) atoms. The number of hydrogen-bond acceptors (Lipinski definition) is 6. The second-order valence-corrected chi connectivity index (χ2v) is 10.8. The largest absolute Gasteiger partial charge is 0.356 e. The molecule has 2 atom stereocenters. The van der Waals surface area contributed by atoms with Crippen LogP contribution in [0.1, 0.15) is 0 Å². The predicted octanol–water partition coefficient (Wildman–Crippen LogP) is 4.25. The molecule has 2 aliphatic rings. The third-order valence-electron chi connectivity index (χ3n) is 2.48. The van der Waals surface area contributed by atoms with E-state index in [-0.39, 0.29) is 0 Å². The molecule has 0 radical (unpaired) electrons. The number of ether oxygens (including phenoxy) is 2. The second kappa shape index (κ2) is 7.45. The molecule has 0 amide bonds. The maximum absolute atomic E-state index is 5.87. The Bertz CT molecular complexity index is 310. The summed E-state index contributed by atoms with van der Waals surface area (Å²) in [7, 11) is 2.76. The molecule has 0 aromatic heterocycles. The lowest BCUT2D eigenvalue weighted by atomic mass is 10.6. The molecular formula is C8H10Cl6N2O2S2. The Morgan fingerprint density at radius 2 is 1.10 bits per heavy atom. The molecule has 0 bridgehead atoms. The summed E-state index contributed by atoms with van der Waals surface area (Å²) in [6.07, 6.45) is -1.22. The summed E-state index contributed by atoms with van der Waals surface area (Å²) >= 11 is 35.2. The minimum Gasteiger partial charge on any atom is -0.356 e. The predicted molar refractivity (Wildman–Crippen MR) is 88.7 cm³/mol. The molecule has 2 unspecified atom stereocenters. The molecule has 118 valence electrons. The van der Waals surface area contributed by atoms with Gasteiger partial charge in [0.05, 0.1) is 13.2 Å². The molecule has 0 saturated carbocycles. The lowest BCUT2D eigenvalue weighted by molar-refractivity contribution is 0.0747. The van der Waals surface area contributed by atoms with Gasteiger partial charge in [-0.25, -0.2) is 8.61 Å². The van der Waals surface area contributed by atoms with Gasteiger partial charge >= 0.3 is 0 Å². The molecule has 0 spiro atoms. The van der Waals surface area contributed by atoms with Gasteiger partial charge in [0.25, 0.3) is 0 Å². The highest BCUT2D eigenvalue weighted by molar-refractivity contribution is 8.74. The number of nitrogens with zero attached hydrogens (tertiary/aromatic N) is 2. The SMILES string of the molecule is ClC(Cl)(Cl)C1OCCN1SSN1CCOC1C(Cl)(Cl)Cl. The smallest absolute Gasteiger partial charge is 0.230 e. The Kier molecular flexibility index (Phi) is 6.93. The first-order valence-electron chi connectivity index (χ1n) is 5.44. The first kappa shape index (κ1) is 18.6. The lowest BCUT2D eigenvalue weighted by Gasteiger charge is -2.30. The highest BCUT2D eigenvalue weighted by atomic mass is 35.6. The van der Waals surface area contributed by atoms with E-state index in [2.05, 4.69) is 0 Å². The van der Waals surface area contributed by atoms with Crippen molar-refractivity contribution < 1.29 is 9.47 Å². The number of rotatable bonds is 3. The van der Waals surface area contributed by atoms with Gasteiger partial charge in [0.2, 0.25) is 7.59 Å². The topological polar surface area (TPSA) is 24.9 Å². The number of halogens is 6. The van der Waals surface area contributed by atoms with Gasteiger partial charge in [0.1, 0.15) is 0 Å². The quantitative estimate of drug-likeness (QED) is 0.368. The van der Waals surface area contributed by atoms with Gasteiger partial charge in [-0.1, -0.05) is 69.6 Å². The summed E-state index contributed by atoms with van der Waals surface area (Å²) in [6, 6.07) is 0. The van der Waals surface area contributed by atoms with E-state index >= 15 is 0 Å². The van der Waals surface area contributed by atoms with Gasteiger partial charge in [0, 0.05) is 35.0 Å². The summed E-state index contributed by atoms with van der Waals surface area (Å²) in [6.45, 7) is 2.28. The van der Waals surface area contributed by atoms with Gasteiger partial charge in [0.15, 0.2) is 12.5 Å². The Morgan fingerprint density at radius 1 is 0.750 bits per heavy atom. The molecule has 0 N–H and O–H groups in total.